The first-order valence-corrected chi connectivity index (χ1v) is 6.47. The summed E-state index contributed by atoms with van der Waals surface area (Å²) in [6.07, 6.45) is 0. The number of hydrogen-bond acceptors (Lipinski definition) is 3. The lowest BCUT2D eigenvalue weighted by Gasteiger charge is -2.11. The van der Waals surface area contributed by atoms with Crippen molar-refractivity contribution in [1.29, 1.82) is 0 Å². The van der Waals surface area contributed by atoms with E-state index in [0.717, 1.165) is 33.8 Å². The molecule has 0 N–H and O–H groups in total. The van der Waals surface area contributed by atoms with Gasteiger partial charge in [0.05, 0.1) is 12.8 Å². The molecule has 3 nitrogen and oxygen atoms in total. The van der Waals surface area contributed by atoms with Crippen LogP contribution in [0.15, 0.2) is 22.9 Å². The highest BCUT2D eigenvalue weighted by Crippen LogP contribution is 2.29. The second-order valence-corrected chi connectivity index (χ2v) is 5.02. The molecule has 4 heteroatoms. The minimum absolute atomic E-state index is 0.614. The van der Waals surface area contributed by atoms with Crippen LogP contribution in [0.5, 0.6) is 5.75 Å². The standard InChI is InChI=1S/C14H15BrN2O/c1-8-5-11(6-9(2)13(8)18-4)12-7-10(3)16-14(15)17-12/h5-7H,1-4H3. The number of ether oxygens (including phenoxy) is 1. The van der Waals surface area contributed by atoms with Gasteiger partial charge < -0.3 is 4.74 Å². The van der Waals surface area contributed by atoms with E-state index in [1.807, 2.05) is 26.8 Å². The monoisotopic (exact) mass is 306 g/mol. The zero-order valence-electron chi connectivity index (χ0n) is 10.9. The summed E-state index contributed by atoms with van der Waals surface area (Å²) in [5, 5.41) is 0. The number of benzene rings is 1. The highest BCUT2D eigenvalue weighted by molar-refractivity contribution is 9.10. The van der Waals surface area contributed by atoms with Gasteiger partial charge in [-0.3, -0.25) is 0 Å². The normalized spacial score (nSPS) is 10.5. The van der Waals surface area contributed by atoms with Crippen LogP contribution in [0.2, 0.25) is 0 Å². The van der Waals surface area contributed by atoms with Crippen molar-refractivity contribution in [2.75, 3.05) is 7.11 Å². The molecule has 2 aromatic rings. The van der Waals surface area contributed by atoms with Gasteiger partial charge in [-0.1, -0.05) is 0 Å². The van der Waals surface area contributed by atoms with Gasteiger partial charge in [-0.2, -0.15) is 0 Å². The van der Waals surface area contributed by atoms with Crippen molar-refractivity contribution in [3.63, 3.8) is 0 Å². The second kappa shape index (κ2) is 5.06. The number of methoxy groups -OCH3 is 1. The van der Waals surface area contributed by atoms with E-state index in [2.05, 4.69) is 38.0 Å². The lowest BCUT2D eigenvalue weighted by Crippen LogP contribution is -1.95. The van der Waals surface area contributed by atoms with Crippen LogP contribution < -0.4 is 4.74 Å². The molecule has 1 aromatic carbocycles. The van der Waals surface area contributed by atoms with E-state index in [0.29, 0.717) is 4.73 Å². The summed E-state index contributed by atoms with van der Waals surface area (Å²) < 4.78 is 5.99. The zero-order valence-corrected chi connectivity index (χ0v) is 12.5. The molecule has 2 rings (SSSR count). The summed E-state index contributed by atoms with van der Waals surface area (Å²) in [6.45, 7) is 6.04. The van der Waals surface area contributed by atoms with Crippen molar-refractivity contribution in [2.24, 2.45) is 0 Å². The minimum Gasteiger partial charge on any atom is -0.496 e. The van der Waals surface area contributed by atoms with E-state index >= 15 is 0 Å². The summed E-state index contributed by atoms with van der Waals surface area (Å²) in [5.74, 6) is 0.934. The lowest BCUT2D eigenvalue weighted by molar-refractivity contribution is 0.408. The molecule has 0 aliphatic carbocycles. The van der Waals surface area contributed by atoms with Crippen molar-refractivity contribution >= 4 is 15.9 Å². The second-order valence-electron chi connectivity index (χ2n) is 4.31. The number of hydrogen-bond donors (Lipinski definition) is 0. The molecule has 1 heterocycles. The predicted octanol–water partition coefficient (Wildman–Crippen LogP) is 3.84. The quantitative estimate of drug-likeness (QED) is 0.791. The molecule has 0 unspecified atom stereocenters. The summed E-state index contributed by atoms with van der Waals surface area (Å²) in [5.41, 5.74) is 5.16. The maximum atomic E-state index is 5.37. The minimum atomic E-state index is 0.614. The van der Waals surface area contributed by atoms with Gasteiger partial charge in [0.15, 0.2) is 4.73 Å². The molecule has 0 saturated carbocycles. The average molecular weight is 307 g/mol. The largest absolute Gasteiger partial charge is 0.496 e. The summed E-state index contributed by atoms with van der Waals surface area (Å²) >= 11 is 3.33. The van der Waals surface area contributed by atoms with Gasteiger partial charge in [0.25, 0.3) is 0 Å². The highest BCUT2D eigenvalue weighted by atomic mass is 79.9. The van der Waals surface area contributed by atoms with E-state index in [4.69, 9.17) is 4.74 Å². The number of rotatable bonds is 2. The first-order chi connectivity index (χ1) is 8.51. The van der Waals surface area contributed by atoms with Gasteiger partial charge >= 0.3 is 0 Å². The van der Waals surface area contributed by atoms with Crippen molar-refractivity contribution in [2.45, 2.75) is 20.8 Å². The molecule has 0 aliphatic rings. The van der Waals surface area contributed by atoms with Crippen LogP contribution in [0.3, 0.4) is 0 Å². The van der Waals surface area contributed by atoms with Crippen molar-refractivity contribution in [3.8, 4) is 17.0 Å². The van der Waals surface area contributed by atoms with Gasteiger partial charge in [0.1, 0.15) is 5.75 Å². The Morgan fingerprint density at radius 2 is 1.61 bits per heavy atom. The molecule has 0 radical (unpaired) electrons. The number of aromatic nitrogens is 2. The fourth-order valence-electron chi connectivity index (χ4n) is 2.10. The van der Waals surface area contributed by atoms with Gasteiger partial charge in [-0.25, -0.2) is 9.97 Å². The Hall–Kier alpha value is -1.42. The van der Waals surface area contributed by atoms with Crippen LogP contribution in [0.4, 0.5) is 0 Å². The fraction of sp³-hybridized carbons (Fsp3) is 0.286. The predicted molar refractivity (Wildman–Crippen MR) is 75.9 cm³/mol. The van der Waals surface area contributed by atoms with Gasteiger partial charge in [0, 0.05) is 11.3 Å². The molecule has 0 atom stereocenters. The van der Waals surface area contributed by atoms with E-state index in [1.54, 1.807) is 7.11 Å². The summed E-state index contributed by atoms with van der Waals surface area (Å²) in [4.78, 5) is 8.63. The number of nitrogens with zero attached hydrogens (tertiary/aromatic N) is 2. The zero-order chi connectivity index (χ0) is 13.3. The van der Waals surface area contributed by atoms with Crippen molar-refractivity contribution in [3.05, 3.63) is 39.8 Å². The van der Waals surface area contributed by atoms with E-state index in [9.17, 15) is 0 Å². The third kappa shape index (κ3) is 2.53. The molecule has 0 amide bonds. The van der Waals surface area contributed by atoms with Crippen LogP contribution in [-0.2, 0) is 0 Å². The SMILES string of the molecule is COc1c(C)cc(-c2cc(C)nc(Br)n2)cc1C. The Balaban J connectivity index is 2.58. The molecular formula is C14H15BrN2O. The molecule has 0 spiro atoms. The van der Waals surface area contributed by atoms with Gasteiger partial charge in [-0.05, 0) is 66.0 Å². The van der Waals surface area contributed by atoms with Crippen molar-refractivity contribution < 1.29 is 4.74 Å². The van der Waals surface area contributed by atoms with E-state index < -0.39 is 0 Å². The van der Waals surface area contributed by atoms with Crippen molar-refractivity contribution in [1.82, 2.24) is 9.97 Å². The molecule has 1 aromatic heterocycles. The lowest BCUT2D eigenvalue weighted by atomic mass is 10.0. The van der Waals surface area contributed by atoms with Crippen LogP contribution in [0.25, 0.3) is 11.3 Å². The van der Waals surface area contributed by atoms with Crippen LogP contribution >= 0.6 is 15.9 Å². The first kappa shape index (κ1) is 13.0. The Kier molecular flexibility index (Phi) is 3.66. The maximum Gasteiger partial charge on any atom is 0.197 e. The van der Waals surface area contributed by atoms with E-state index in [1.165, 1.54) is 0 Å². The third-order valence-electron chi connectivity index (χ3n) is 2.79. The first-order valence-electron chi connectivity index (χ1n) is 5.68. The molecule has 94 valence electrons. The Bertz CT molecular complexity index is 553. The smallest absolute Gasteiger partial charge is 0.197 e. The Morgan fingerprint density at radius 3 is 2.11 bits per heavy atom. The molecule has 0 bridgehead atoms. The van der Waals surface area contributed by atoms with Crippen LogP contribution in [0, 0.1) is 20.8 Å². The fourth-order valence-corrected chi connectivity index (χ4v) is 2.57. The summed E-state index contributed by atoms with van der Waals surface area (Å²) in [6, 6.07) is 6.14. The summed E-state index contributed by atoms with van der Waals surface area (Å²) in [7, 11) is 1.69. The highest BCUT2D eigenvalue weighted by Gasteiger charge is 2.09. The number of halogens is 1. The van der Waals surface area contributed by atoms with Gasteiger partial charge in [-0.15, -0.1) is 0 Å². The average Bonchev–Trinajstić information content (AvgIpc) is 2.27. The third-order valence-corrected chi connectivity index (χ3v) is 3.14. The molecular weight excluding hydrogens is 292 g/mol. The molecule has 0 saturated heterocycles. The maximum absolute atomic E-state index is 5.37. The Labute approximate surface area is 115 Å². The van der Waals surface area contributed by atoms with E-state index in [-0.39, 0.29) is 0 Å². The Morgan fingerprint density at radius 1 is 1.00 bits per heavy atom. The number of aryl methyl sites for hydroxylation is 3. The van der Waals surface area contributed by atoms with Crippen LogP contribution in [-0.4, -0.2) is 17.1 Å². The van der Waals surface area contributed by atoms with Crippen LogP contribution in [0.1, 0.15) is 16.8 Å². The van der Waals surface area contributed by atoms with Gasteiger partial charge in [0.2, 0.25) is 0 Å². The molecule has 0 fully saturated rings. The molecule has 0 aliphatic heterocycles. The molecule has 18 heavy (non-hydrogen) atoms. The topological polar surface area (TPSA) is 35.0 Å².